The number of nitrogens with zero attached hydrogens (tertiary/aromatic N) is 4. The molecule has 5 nitrogen and oxygen atoms in total. The maximum Gasteiger partial charge on any atom is 0.191 e. The van der Waals surface area contributed by atoms with E-state index < -0.39 is 28.9 Å². The summed E-state index contributed by atoms with van der Waals surface area (Å²) in [6, 6.07) is 9.04. The molecule has 1 aromatic carbocycles. The van der Waals surface area contributed by atoms with E-state index in [4.69, 9.17) is 5.73 Å². The van der Waals surface area contributed by atoms with Gasteiger partial charge in [0.1, 0.15) is 17.7 Å². The lowest BCUT2D eigenvalue weighted by Gasteiger charge is -2.45. The quantitative estimate of drug-likeness (QED) is 0.870. The maximum absolute atomic E-state index is 14.7. The van der Waals surface area contributed by atoms with Gasteiger partial charge in [-0.05, 0) is 30.2 Å². The number of rotatable bonds is 3. The van der Waals surface area contributed by atoms with Crippen molar-refractivity contribution in [3.05, 3.63) is 58.3 Å². The van der Waals surface area contributed by atoms with Gasteiger partial charge in [0.15, 0.2) is 5.41 Å². The minimum Gasteiger partial charge on any atom is -0.399 e. The van der Waals surface area contributed by atoms with Crippen LogP contribution in [0, 0.1) is 57.0 Å². The Morgan fingerprint density at radius 2 is 1.96 bits per heavy atom. The second kappa shape index (κ2) is 7.43. The number of allylic oxidation sites excluding steroid dienone is 2. The predicted molar refractivity (Wildman–Crippen MR) is 97.9 cm³/mol. The fourth-order valence-corrected chi connectivity index (χ4v) is 4.34. The van der Waals surface area contributed by atoms with Crippen molar-refractivity contribution in [3.8, 4) is 18.2 Å². The SMILES string of the molecule is CCCN1CC=C2C(C#N)=C(N)C(C#N)(C#N)[C@H](c3ccc(F)cc3F)[C@H]2C1. The first-order valence-electron chi connectivity index (χ1n) is 9.04. The number of nitriles is 3. The summed E-state index contributed by atoms with van der Waals surface area (Å²) < 4.78 is 28.2. The van der Waals surface area contributed by atoms with Gasteiger partial charge in [0.2, 0.25) is 0 Å². The van der Waals surface area contributed by atoms with E-state index in [1.165, 1.54) is 6.07 Å². The first-order chi connectivity index (χ1) is 13.4. The topological polar surface area (TPSA) is 101 Å². The lowest BCUT2D eigenvalue weighted by Crippen LogP contribution is -2.48. The smallest absolute Gasteiger partial charge is 0.191 e. The molecule has 1 aliphatic heterocycles. The Labute approximate surface area is 162 Å². The molecule has 0 spiro atoms. The average molecular weight is 379 g/mol. The average Bonchev–Trinajstić information content (AvgIpc) is 2.68. The molecule has 0 radical (unpaired) electrons. The highest BCUT2D eigenvalue weighted by Gasteiger charge is 2.55. The van der Waals surface area contributed by atoms with Gasteiger partial charge in [-0.3, -0.25) is 4.90 Å². The molecule has 0 amide bonds. The highest BCUT2D eigenvalue weighted by molar-refractivity contribution is 5.59. The Morgan fingerprint density at radius 1 is 1.25 bits per heavy atom. The fourth-order valence-electron chi connectivity index (χ4n) is 4.34. The van der Waals surface area contributed by atoms with E-state index in [2.05, 4.69) is 4.90 Å². The van der Waals surface area contributed by atoms with Crippen LogP contribution >= 0.6 is 0 Å². The lowest BCUT2D eigenvalue weighted by atomic mass is 9.58. The van der Waals surface area contributed by atoms with Crippen LogP contribution in [0.4, 0.5) is 8.78 Å². The van der Waals surface area contributed by atoms with E-state index in [9.17, 15) is 24.6 Å². The zero-order valence-electron chi connectivity index (χ0n) is 15.4. The van der Waals surface area contributed by atoms with Crippen LogP contribution in [0.5, 0.6) is 0 Å². The maximum atomic E-state index is 14.7. The summed E-state index contributed by atoms with van der Waals surface area (Å²) in [5.41, 5.74) is 4.87. The second-order valence-electron chi connectivity index (χ2n) is 7.10. The van der Waals surface area contributed by atoms with Gasteiger partial charge < -0.3 is 5.73 Å². The standard InChI is InChI=1S/C21H19F2N5/c1-2-6-28-7-5-14-16(9-24)20(27)21(11-25,12-26)19(17(14)10-28)15-4-3-13(22)8-18(15)23/h3-5,8,17,19H,2,6-7,10,27H2,1H3/t17-,19+/m0/s1. The van der Waals surface area contributed by atoms with Crippen molar-refractivity contribution >= 4 is 0 Å². The van der Waals surface area contributed by atoms with Gasteiger partial charge in [-0.1, -0.05) is 19.1 Å². The largest absolute Gasteiger partial charge is 0.399 e. The van der Waals surface area contributed by atoms with Crippen LogP contribution in [0.15, 0.2) is 41.1 Å². The summed E-state index contributed by atoms with van der Waals surface area (Å²) in [5.74, 6) is -3.02. The first-order valence-corrected chi connectivity index (χ1v) is 9.04. The molecule has 1 aliphatic carbocycles. The fraction of sp³-hybridized carbons (Fsp3) is 0.381. The van der Waals surface area contributed by atoms with Crippen molar-refractivity contribution < 1.29 is 8.78 Å². The Hall–Kier alpha value is -3.21. The van der Waals surface area contributed by atoms with Crippen molar-refractivity contribution in [3.63, 3.8) is 0 Å². The Bertz CT molecular complexity index is 976. The third-order valence-corrected chi connectivity index (χ3v) is 5.58. The summed E-state index contributed by atoms with van der Waals surface area (Å²) in [6.45, 7) is 3.87. The monoisotopic (exact) mass is 379 g/mol. The number of fused-ring (bicyclic) bond motifs is 1. The zero-order valence-corrected chi connectivity index (χ0v) is 15.4. The van der Waals surface area contributed by atoms with Gasteiger partial charge in [-0.15, -0.1) is 0 Å². The summed E-state index contributed by atoms with van der Waals surface area (Å²) in [7, 11) is 0. The molecule has 1 heterocycles. The summed E-state index contributed by atoms with van der Waals surface area (Å²) in [6.07, 6.45) is 2.76. The van der Waals surface area contributed by atoms with Crippen molar-refractivity contribution in [1.82, 2.24) is 4.90 Å². The predicted octanol–water partition coefficient (Wildman–Crippen LogP) is 3.10. The molecule has 0 unspecified atom stereocenters. The van der Waals surface area contributed by atoms with Gasteiger partial charge in [-0.25, -0.2) is 8.78 Å². The third kappa shape index (κ3) is 2.83. The lowest BCUT2D eigenvalue weighted by molar-refractivity contribution is 0.205. The first kappa shape index (κ1) is 19.5. The van der Waals surface area contributed by atoms with Crippen LogP contribution in [0.2, 0.25) is 0 Å². The molecule has 3 rings (SSSR count). The van der Waals surface area contributed by atoms with Crippen molar-refractivity contribution in [2.75, 3.05) is 19.6 Å². The van der Waals surface area contributed by atoms with Gasteiger partial charge in [-0.2, -0.15) is 15.8 Å². The number of hydrogen-bond acceptors (Lipinski definition) is 5. The highest BCUT2D eigenvalue weighted by atomic mass is 19.1. The van der Waals surface area contributed by atoms with Crippen LogP contribution < -0.4 is 5.73 Å². The van der Waals surface area contributed by atoms with E-state index in [0.29, 0.717) is 18.7 Å². The molecule has 2 aliphatic rings. The molecule has 142 valence electrons. The highest BCUT2D eigenvalue weighted by Crippen LogP contribution is 2.54. The second-order valence-corrected chi connectivity index (χ2v) is 7.10. The van der Waals surface area contributed by atoms with Gasteiger partial charge in [0, 0.05) is 31.0 Å². The third-order valence-electron chi connectivity index (χ3n) is 5.58. The Morgan fingerprint density at radius 3 is 2.54 bits per heavy atom. The molecule has 0 bridgehead atoms. The normalized spacial score (nSPS) is 23.8. The molecule has 0 fully saturated rings. The van der Waals surface area contributed by atoms with Crippen LogP contribution in [-0.2, 0) is 0 Å². The number of halogens is 2. The molecule has 0 saturated heterocycles. The number of nitrogens with two attached hydrogens (primary N) is 1. The van der Waals surface area contributed by atoms with Gasteiger partial charge >= 0.3 is 0 Å². The molecular formula is C21H19F2N5. The number of benzene rings is 1. The van der Waals surface area contributed by atoms with Crippen LogP contribution in [0.1, 0.15) is 24.8 Å². The van der Waals surface area contributed by atoms with Gasteiger partial charge in [0.05, 0.1) is 23.4 Å². The molecule has 0 saturated carbocycles. The molecule has 7 heteroatoms. The summed E-state index contributed by atoms with van der Waals surface area (Å²) in [5, 5.41) is 29.5. The van der Waals surface area contributed by atoms with Crippen molar-refractivity contribution in [2.45, 2.75) is 19.3 Å². The van der Waals surface area contributed by atoms with Crippen LogP contribution in [-0.4, -0.2) is 24.5 Å². The molecular weight excluding hydrogens is 360 g/mol. The van der Waals surface area contributed by atoms with Crippen LogP contribution in [0.3, 0.4) is 0 Å². The summed E-state index contributed by atoms with van der Waals surface area (Å²) in [4.78, 5) is 2.12. The van der Waals surface area contributed by atoms with Crippen molar-refractivity contribution in [2.24, 2.45) is 17.1 Å². The van der Waals surface area contributed by atoms with E-state index >= 15 is 0 Å². The molecule has 0 aromatic heterocycles. The minimum absolute atomic E-state index is 0.0543. The van der Waals surface area contributed by atoms with Gasteiger partial charge in [0.25, 0.3) is 0 Å². The van der Waals surface area contributed by atoms with Crippen LogP contribution in [0.25, 0.3) is 0 Å². The van der Waals surface area contributed by atoms with Crippen molar-refractivity contribution in [1.29, 1.82) is 15.8 Å². The molecule has 28 heavy (non-hydrogen) atoms. The van der Waals surface area contributed by atoms with E-state index in [1.807, 2.05) is 31.2 Å². The molecule has 1 aromatic rings. The van der Waals surface area contributed by atoms with E-state index in [0.717, 1.165) is 25.1 Å². The molecule has 2 N–H and O–H groups in total. The Kier molecular flexibility index (Phi) is 5.18. The zero-order chi connectivity index (χ0) is 20.5. The van der Waals surface area contributed by atoms with E-state index in [1.54, 1.807) is 0 Å². The van der Waals surface area contributed by atoms with E-state index in [-0.39, 0.29) is 16.8 Å². The number of hydrogen-bond donors (Lipinski definition) is 1. The minimum atomic E-state index is -1.92. The Balaban J connectivity index is 2.30. The summed E-state index contributed by atoms with van der Waals surface area (Å²) >= 11 is 0. The molecule has 2 atom stereocenters.